The van der Waals surface area contributed by atoms with Crippen molar-refractivity contribution in [2.75, 3.05) is 24.2 Å². The molecule has 3 aromatic rings. The number of rotatable bonds is 7. The molecule has 8 nitrogen and oxygen atoms in total. The molecule has 0 radical (unpaired) electrons. The van der Waals surface area contributed by atoms with Gasteiger partial charge in [-0.05, 0) is 31.9 Å². The number of fused-ring (bicyclic) bond motifs is 2. The summed E-state index contributed by atoms with van der Waals surface area (Å²) in [5, 5.41) is 2.86. The highest BCUT2D eigenvalue weighted by molar-refractivity contribution is 8.33. The van der Waals surface area contributed by atoms with Crippen LogP contribution in [0.3, 0.4) is 0 Å². The molecule has 0 bridgehead atoms. The molecule has 2 aliphatic rings. The first-order valence-electron chi connectivity index (χ1n) is 14.7. The van der Waals surface area contributed by atoms with Crippen LogP contribution in [-0.2, 0) is 23.0 Å². The molecule has 0 spiro atoms. The summed E-state index contributed by atoms with van der Waals surface area (Å²) < 4.78 is 28.3. The zero-order valence-electron chi connectivity index (χ0n) is 25.3. The normalized spacial score (nSPS) is 20.2. The summed E-state index contributed by atoms with van der Waals surface area (Å²) in [7, 11) is -4.31. The third kappa shape index (κ3) is 4.83. The summed E-state index contributed by atoms with van der Waals surface area (Å²) in [6, 6.07) is 4.72. The minimum Gasteiger partial charge on any atom is -0.348 e. The number of pyridine rings is 1. The summed E-state index contributed by atoms with van der Waals surface area (Å²) >= 11 is 0. The van der Waals surface area contributed by atoms with E-state index in [1.54, 1.807) is 10.6 Å². The number of hydrogen-bond acceptors (Lipinski definition) is 6. The summed E-state index contributed by atoms with van der Waals surface area (Å²) in [4.78, 5) is 16.9. The molecule has 220 valence electrons. The lowest BCUT2D eigenvalue weighted by Gasteiger charge is -2.52. The highest BCUT2D eigenvalue weighted by Gasteiger charge is 2.38. The number of hydrogen-bond donors (Lipinski definition) is 0. The average Bonchev–Trinajstić information content (AvgIpc) is 3.32. The Balaban J connectivity index is 1.53. The van der Waals surface area contributed by atoms with Gasteiger partial charge >= 0.3 is 0 Å². The number of aromatic nitrogens is 4. The summed E-state index contributed by atoms with van der Waals surface area (Å²) in [6.07, 6.45) is 9.70. The van der Waals surface area contributed by atoms with E-state index < -0.39 is 20.2 Å². The van der Waals surface area contributed by atoms with E-state index in [9.17, 15) is 8.42 Å². The molecule has 5 heterocycles. The smallest absolute Gasteiger partial charge is 0.211 e. The molecule has 40 heavy (non-hydrogen) atoms. The molecule has 0 amide bonds. The van der Waals surface area contributed by atoms with Crippen LogP contribution in [0.25, 0.3) is 10.9 Å². The second kappa shape index (κ2) is 10.9. The fourth-order valence-corrected chi connectivity index (χ4v) is 13.7. The molecule has 0 aromatic carbocycles. The van der Waals surface area contributed by atoms with E-state index in [0.717, 1.165) is 36.5 Å². The van der Waals surface area contributed by atoms with E-state index in [-0.39, 0.29) is 12.0 Å². The van der Waals surface area contributed by atoms with Gasteiger partial charge in [0.05, 0.1) is 23.2 Å². The average molecular weight is 587 g/mol. The van der Waals surface area contributed by atoms with Gasteiger partial charge < -0.3 is 8.87 Å². The van der Waals surface area contributed by atoms with E-state index in [1.165, 1.54) is 22.7 Å². The minimum atomic E-state index is -3.16. The van der Waals surface area contributed by atoms with Gasteiger partial charge in [0.1, 0.15) is 12.1 Å². The predicted molar refractivity (Wildman–Crippen MR) is 168 cm³/mol. The van der Waals surface area contributed by atoms with Gasteiger partial charge in [0.2, 0.25) is 10.0 Å². The van der Waals surface area contributed by atoms with Crippen LogP contribution < -0.4 is 4.90 Å². The largest absolute Gasteiger partial charge is 0.348 e. The van der Waals surface area contributed by atoms with E-state index in [0.29, 0.717) is 35.4 Å². The third-order valence-corrected chi connectivity index (χ3v) is 16.0. The van der Waals surface area contributed by atoms with Crippen LogP contribution in [0.5, 0.6) is 0 Å². The molecular formula is C30H46N6O2S2. The first-order chi connectivity index (χ1) is 18.9. The van der Waals surface area contributed by atoms with Crippen LogP contribution >= 0.6 is 10.2 Å². The van der Waals surface area contributed by atoms with Gasteiger partial charge in [-0.3, -0.25) is 0 Å². The molecule has 0 aliphatic carbocycles. The SMILES string of the molecule is CC(C)S(C(C)C)(C(C)C)n1ccc2c(N3Cc4c(ncnc4C4CCN(S(C)(=O)=O)CC4)C[C@H]3C)nccc21. The van der Waals surface area contributed by atoms with Gasteiger partial charge in [-0.2, -0.15) is 10.2 Å². The number of nitrogens with zero attached hydrogens (tertiary/aromatic N) is 6. The Morgan fingerprint density at radius 1 is 0.925 bits per heavy atom. The van der Waals surface area contributed by atoms with Crippen LogP contribution in [0.1, 0.15) is 84.2 Å². The van der Waals surface area contributed by atoms with Gasteiger partial charge in [-0.25, -0.2) is 27.7 Å². The second-order valence-corrected chi connectivity index (χ2v) is 19.0. The highest BCUT2D eigenvalue weighted by Crippen LogP contribution is 2.62. The Morgan fingerprint density at radius 2 is 1.57 bits per heavy atom. The van der Waals surface area contributed by atoms with Gasteiger partial charge in [0.15, 0.2) is 0 Å². The van der Waals surface area contributed by atoms with Crippen LogP contribution in [0, 0.1) is 0 Å². The molecule has 2 aliphatic heterocycles. The number of piperidine rings is 1. The van der Waals surface area contributed by atoms with E-state index >= 15 is 0 Å². The Kier molecular flexibility index (Phi) is 8.00. The first kappa shape index (κ1) is 29.3. The monoisotopic (exact) mass is 586 g/mol. The van der Waals surface area contributed by atoms with Crippen molar-refractivity contribution in [2.45, 2.75) is 102 Å². The molecule has 0 unspecified atom stereocenters. The lowest BCUT2D eigenvalue weighted by atomic mass is 9.88. The van der Waals surface area contributed by atoms with Crippen molar-refractivity contribution < 1.29 is 8.42 Å². The van der Waals surface area contributed by atoms with E-state index in [1.807, 2.05) is 6.20 Å². The van der Waals surface area contributed by atoms with Crippen molar-refractivity contribution in [3.8, 4) is 0 Å². The van der Waals surface area contributed by atoms with Crippen molar-refractivity contribution in [3.63, 3.8) is 0 Å². The zero-order chi connectivity index (χ0) is 29.0. The van der Waals surface area contributed by atoms with Crippen LogP contribution in [0.15, 0.2) is 30.9 Å². The maximum Gasteiger partial charge on any atom is 0.211 e. The van der Waals surface area contributed by atoms with E-state index in [4.69, 9.17) is 15.0 Å². The first-order valence-corrected chi connectivity index (χ1v) is 18.3. The van der Waals surface area contributed by atoms with E-state index in [2.05, 4.69) is 75.7 Å². The predicted octanol–water partition coefficient (Wildman–Crippen LogP) is 5.71. The Bertz CT molecular complexity index is 1450. The van der Waals surface area contributed by atoms with Crippen molar-refractivity contribution in [1.29, 1.82) is 0 Å². The molecule has 1 atom stereocenters. The van der Waals surface area contributed by atoms with Crippen LogP contribution in [-0.4, -0.2) is 72.8 Å². The minimum absolute atomic E-state index is 0.238. The van der Waals surface area contributed by atoms with Crippen LogP contribution in [0.2, 0.25) is 0 Å². The van der Waals surface area contributed by atoms with Gasteiger partial charge in [0, 0.05) is 77.1 Å². The Labute approximate surface area is 242 Å². The Morgan fingerprint density at radius 3 is 2.17 bits per heavy atom. The molecule has 10 heteroatoms. The molecule has 0 N–H and O–H groups in total. The lowest BCUT2D eigenvalue weighted by molar-refractivity contribution is 0.317. The number of sulfonamides is 1. The standard InChI is InChI=1S/C30H46N6O2S2/c1-20(2)40(21(3)4,22(5)6)36-16-12-25-28(36)9-13-31-30(25)35-18-26-27(17-23(35)7)32-19-33-29(26)24-10-14-34(15-11-24)39(8,37)38/h9,12-13,16,19-24H,10-11,14-15,17-18H2,1-8H3/t23-/m1/s1. The summed E-state index contributed by atoms with van der Waals surface area (Å²) in [6.45, 7) is 18.4. The Hall–Kier alpha value is -2.17. The molecule has 1 fully saturated rings. The lowest BCUT2D eigenvalue weighted by Crippen LogP contribution is -2.41. The summed E-state index contributed by atoms with van der Waals surface area (Å²) in [5.41, 5.74) is 4.67. The maximum atomic E-state index is 12.1. The maximum absolute atomic E-state index is 12.1. The van der Waals surface area contributed by atoms with Gasteiger partial charge in [0.25, 0.3) is 0 Å². The third-order valence-electron chi connectivity index (χ3n) is 9.17. The van der Waals surface area contributed by atoms with Crippen molar-refractivity contribution in [3.05, 3.63) is 47.8 Å². The van der Waals surface area contributed by atoms with Crippen LogP contribution in [0.4, 0.5) is 5.82 Å². The van der Waals surface area contributed by atoms with Crippen molar-refractivity contribution >= 4 is 37.0 Å². The molecule has 5 rings (SSSR count). The quantitative estimate of drug-likeness (QED) is 0.353. The molecule has 0 saturated carbocycles. The van der Waals surface area contributed by atoms with Gasteiger partial charge in [-0.15, -0.1) is 0 Å². The topological polar surface area (TPSA) is 84.2 Å². The molecule has 1 saturated heterocycles. The molecular weight excluding hydrogens is 541 g/mol. The summed E-state index contributed by atoms with van der Waals surface area (Å²) in [5.74, 6) is 1.27. The van der Waals surface area contributed by atoms with Gasteiger partial charge in [-0.1, -0.05) is 41.5 Å². The van der Waals surface area contributed by atoms with Crippen molar-refractivity contribution in [2.24, 2.45) is 0 Å². The van der Waals surface area contributed by atoms with Crippen molar-refractivity contribution in [1.82, 2.24) is 23.2 Å². The zero-order valence-corrected chi connectivity index (χ0v) is 27.0. The fraction of sp³-hybridized carbons (Fsp3) is 0.633. The number of anilines is 1. The fourth-order valence-electron chi connectivity index (χ4n) is 7.47. The second-order valence-electron chi connectivity index (χ2n) is 12.4. The molecule has 3 aromatic heterocycles. The highest BCUT2D eigenvalue weighted by atomic mass is 32.3.